The zero-order valence-electron chi connectivity index (χ0n) is 20.3. The number of hydrogen-bond donors (Lipinski definition) is 1. The maximum Gasteiger partial charge on any atom is 0.421 e. The van der Waals surface area contributed by atoms with E-state index in [1.54, 1.807) is 12.3 Å². The van der Waals surface area contributed by atoms with Gasteiger partial charge >= 0.3 is 16.4 Å². The molecule has 1 atom stereocenters. The molecular formula is C24H35N3O4S. The second kappa shape index (κ2) is 9.10. The zero-order chi connectivity index (χ0) is 24.5. The van der Waals surface area contributed by atoms with Crippen LogP contribution in [0.25, 0.3) is 0 Å². The first-order valence-electron chi connectivity index (χ1n) is 10.6. The number of carbonyl (C=O) groups excluding carboxylic acids is 1. The third-order valence-corrected chi connectivity index (χ3v) is 6.46. The molecular weight excluding hydrogens is 426 g/mol. The number of nitrogens with zero attached hydrogens (tertiary/aromatic N) is 2. The molecule has 0 saturated carbocycles. The molecule has 0 bridgehead atoms. The Balaban J connectivity index is 2.85. The molecule has 0 saturated heterocycles. The van der Waals surface area contributed by atoms with E-state index < -0.39 is 16.4 Å². The van der Waals surface area contributed by atoms with Crippen LogP contribution in [-0.2, 0) is 25.3 Å². The van der Waals surface area contributed by atoms with Gasteiger partial charge in [-0.05, 0) is 41.0 Å². The summed E-state index contributed by atoms with van der Waals surface area (Å²) in [6, 6.07) is 9.47. The first-order valence-corrected chi connectivity index (χ1v) is 12.0. The maximum absolute atomic E-state index is 13.3. The lowest BCUT2D eigenvalue weighted by Crippen LogP contribution is -2.41. The minimum Gasteiger partial charge on any atom is -0.334 e. The van der Waals surface area contributed by atoms with Crippen molar-refractivity contribution in [2.75, 3.05) is 10.8 Å². The second-order valence-electron chi connectivity index (χ2n) is 10.3. The van der Waals surface area contributed by atoms with E-state index >= 15 is 0 Å². The number of carbonyl (C=O) groups is 1. The molecule has 0 aliphatic rings. The normalized spacial score (nSPS) is 13.5. The van der Waals surface area contributed by atoms with Gasteiger partial charge in [0.2, 0.25) is 0 Å². The number of hydrogen-bond acceptors (Lipinski definition) is 5. The average Bonchev–Trinajstić information content (AvgIpc) is 2.63. The van der Waals surface area contributed by atoms with Gasteiger partial charge in [0.25, 0.3) is 0 Å². The van der Waals surface area contributed by atoms with Gasteiger partial charge in [-0.25, -0.2) is 9.10 Å². The molecule has 2 aromatic rings. The molecule has 176 valence electrons. The fourth-order valence-electron chi connectivity index (χ4n) is 3.64. The summed E-state index contributed by atoms with van der Waals surface area (Å²) in [5.74, 6) is -0.274. The highest BCUT2D eigenvalue weighted by Gasteiger charge is 2.37. The first kappa shape index (κ1) is 25.6. The predicted octanol–water partition coefficient (Wildman–Crippen LogP) is 4.94. The van der Waals surface area contributed by atoms with E-state index in [1.807, 2.05) is 79.7 Å². The summed E-state index contributed by atoms with van der Waals surface area (Å²) in [4.78, 5) is 15.9. The summed E-state index contributed by atoms with van der Waals surface area (Å²) in [5, 5.41) is 0. The van der Waals surface area contributed by atoms with Crippen molar-refractivity contribution in [1.82, 2.24) is 4.98 Å². The predicted molar refractivity (Wildman–Crippen MR) is 128 cm³/mol. The molecule has 0 radical (unpaired) electrons. The van der Waals surface area contributed by atoms with Crippen molar-refractivity contribution in [3.05, 3.63) is 58.9 Å². The number of anilines is 1. The lowest BCUT2D eigenvalue weighted by Gasteiger charge is -2.36. The number of rotatable bonds is 6. The van der Waals surface area contributed by atoms with Crippen LogP contribution in [0.1, 0.15) is 76.8 Å². The molecule has 32 heavy (non-hydrogen) atoms. The third-order valence-electron chi connectivity index (χ3n) is 5.21. The lowest BCUT2D eigenvalue weighted by molar-refractivity contribution is 0.212. The van der Waals surface area contributed by atoms with Gasteiger partial charge in [-0.1, -0.05) is 72.2 Å². The van der Waals surface area contributed by atoms with Gasteiger partial charge < -0.3 is 9.92 Å². The molecule has 1 aromatic carbocycles. The number of aromatic nitrogens is 1. The molecule has 1 aromatic heterocycles. The van der Waals surface area contributed by atoms with Crippen molar-refractivity contribution in [2.45, 2.75) is 72.1 Å². The standard InChI is InChI=1S/C24H35N3O4S/c1-16-13-18(23(3,4)5)21(19(14-16)24(6,7)8)27(32(29,30)31-22(25)28)15-17(2)20-11-9-10-12-26-20/h9-14,17H,15H2,1-8H3,(H2,25,28). The van der Waals surface area contributed by atoms with Gasteiger partial charge in [-0.3, -0.25) is 4.98 Å². The fraction of sp³-hybridized carbons (Fsp3) is 0.500. The minimum atomic E-state index is -4.53. The highest BCUT2D eigenvalue weighted by atomic mass is 32.2. The molecule has 0 fully saturated rings. The van der Waals surface area contributed by atoms with E-state index in [4.69, 9.17) is 5.73 Å². The van der Waals surface area contributed by atoms with Gasteiger partial charge in [0, 0.05) is 24.4 Å². The van der Waals surface area contributed by atoms with E-state index in [1.165, 1.54) is 4.31 Å². The molecule has 7 nitrogen and oxygen atoms in total. The topological polar surface area (TPSA) is 103 Å². The van der Waals surface area contributed by atoms with Crippen LogP contribution >= 0.6 is 0 Å². The molecule has 0 aliphatic carbocycles. The van der Waals surface area contributed by atoms with Crippen LogP contribution in [-0.4, -0.2) is 26.0 Å². The number of primary amides is 1. The van der Waals surface area contributed by atoms with E-state index in [2.05, 4.69) is 9.17 Å². The number of benzene rings is 1. The van der Waals surface area contributed by atoms with Gasteiger partial charge in [-0.2, -0.15) is 8.42 Å². The summed E-state index contributed by atoms with van der Waals surface area (Å²) < 4.78 is 32.5. The average molecular weight is 462 g/mol. The van der Waals surface area contributed by atoms with Crippen LogP contribution in [0.3, 0.4) is 0 Å². The Hall–Kier alpha value is -2.61. The van der Waals surface area contributed by atoms with Crippen LogP contribution in [0.4, 0.5) is 10.5 Å². The summed E-state index contributed by atoms with van der Waals surface area (Å²) >= 11 is 0. The van der Waals surface area contributed by atoms with Crippen LogP contribution in [0.2, 0.25) is 0 Å². The molecule has 1 heterocycles. The zero-order valence-corrected chi connectivity index (χ0v) is 21.1. The third kappa shape index (κ3) is 6.00. The van der Waals surface area contributed by atoms with Gasteiger partial charge in [0.05, 0.1) is 5.69 Å². The number of aryl methyl sites for hydroxylation is 1. The van der Waals surface area contributed by atoms with E-state index in [0.29, 0.717) is 5.69 Å². The van der Waals surface area contributed by atoms with Crippen molar-refractivity contribution in [3.8, 4) is 0 Å². The van der Waals surface area contributed by atoms with Gasteiger partial charge in [-0.15, -0.1) is 0 Å². The van der Waals surface area contributed by atoms with E-state index in [0.717, 1.165) is 22.4 Å². The first-order chi connectivity index (χ1) is 14.5. The smallest absolute Gasteiger partial charge is 0.334 e. The Bertz CT molecular complexity index is 1030. The molecule has 1 amide bonds. The Morgan fingerprint density at radius 2 is 1.62 bits per heavy atom. The number of amides is 1. The maximum atomic E-state index is 13.3. The lowest BCUT2D eigenvalue weighted by atomic mass is 9.77. The van der Waals surface area contributed by atoms with Gasteiger partial charge in [0.15, 0.2) is 0 Å². The second-order valence-corrected chi connectivity index (χ2v) is 11.7. The Morgan fingerprint density at radius 1 is 1.09 bits per heavy atom. The van der Waals surface area contributed by atoms with Crippen LogP contribution in [0, 0.1) is 6.92 Å². The quantitative estimate of drug-likeness (QED) is 0.657. The molecule has 0 spiro atoms. The molecule has 0 aliphatic heterocycles. The van der Waals surface area contributed by atoms with Crippen molar-refractivity contribution in [1.29, 1.82) is 0 Å². The van der Waals surface area contributed by atoms with E-state index in [9.17, 15) is 13.2 Å². The summed E-state index contributed by atoms with van der Waals surface area (Å²) in [7, 11) is -4.53. The number of nitrogens with two attached hydrogens (primary N) is 1. The minimum absolute atomic E-state index is 0.0296. The van der Waals surface area contributed by atoms with Crippen molar-refractivity contribution in [2.24, 2.45) is 5.73 Å². The summed E-state index contributed by atoms with van der Waals surface area (Å²) in [5.41, 5.74) is 8.32. The molecule has 2 N–H and O–H groups in total. The molecule has 2 rings (SSSR count). The van der Waals surface area contributed by atoms with Crippen molar-refractivity contribution in [3.63, 3.8) is 0 Å². The van der Waals surface area contributed by atoms with Gasteiger partial charge in [0.1, 0.15) is 0 Å². The van der Waals surface area contributed by atoms with Crippen LogP contribution < -0.4 is 10.0 Å². The summed E-state index contributed by atoms with van der Waals surface area (Å²) in [6.45, 7) is 16.1. The molecule has 8 heteroatoms. The highest BCUT2D eigenvalue weighted by molar-refractivity contribution is 7.88. The number of pyridine rings is 1. The Kier molecular flexibility index (Phi) is 7.29. The van der Waals surface area contributed by atoms with Crippen LogP contribution in [0.5, 0.6) is 0 Å². The van der Waals surface area contributed by atoms with Crippen molar-refractivity contribution < 1.29 is 17.4 Å². The Morgan fingerprint density at radius 3 is 2.03 bits per heavy atom. The fourth-order valence-corrected chi connectivity index (χ4v) is 4.77. The Labute approximate surface area is 192 Å². The monoisotopic (exact) mass is 461 g/mol. The molecule has 1 unspecified atom stereocenters. The largest absolute Gasteiger partial charge is 0.421 e. The van der Waals surface area contributed by atoms with Crippen molar-refractivity contribution >= 4 is 22.1 Å². The SMILES string of the molecule is Cc1cc(C(C)(C)C)c(N(CC(C)c2ccccn2)S(=O)(=O)OC(N)=O)c(C(C)(C)C)c1. The highest BCUT2D eigenvalue weighted by Crippen LogP contribution is 2.43. The van der Waals surface area contributed by atoms with E-state index in [-0.39, 0.29) is 23.3 Å². The summed E-state index contributed by atoms with van der Waals surface area (Å²) in [6.07, 6.45) is 0.291. The van der Waals surface area contributed by atoms with Crippen LogP contribution in [0.15, 0.2) is 36.5 Å².